The number of hydrogen-bond acceptors (Lipinski definition) is 2. The van der Waals surface area contributed by atoms with Crippen LogP contribution in [0.4, 0.5) is 0 Å². The Morgan fingerprint density at radius 1 is 1.36 bits per heavy atom. The molecule has 1 heterocycles. The molecule has 1 aromatic rings. The van der Waals surface area contributed by atoms with Crippen LogP contribution in [-0.4, -0.2) is 16.2 Å². The van der Waals surface area contributed by atoms with Crippen LogP contribution in [0.25, 0.3) is 5.57 Å². The van der Waals surface area contributed by atoms with Crippen LogP contribution >= 0.6 is 0 Å². The monoisotopic (exact) mass is 189 g/mol. The van der Waals surface area contributed by atoms with Crippen LogP contribution in [0, 0.1) is 5.92 Å². The molecule has 0 spiro atoms. The molecule has 2 rings (SSSR count). The summed E-state index contributed by atoms with van der Waals surface area (Å²) in [5, 5.41) is 9.62. The highest BCUT2D eigenvalue weighted by atomic mass is 16.3. The third-order valence-corrected chi connectivity index (χ3v) is 2.66. The quantitative estimate of drug-likeness (QED) is 0.735. The summed E-state index contributed by atoms with van der Waals surface area (Å²) in [5.41, 5.74) is 2.43. The SMILES string of the molecule is CC1CC(c2ccncc2)=CC(O)C1. The van der Waals surface area contributed by atoms with E-state index in [1.807, 2.05) is 18.2 Å². The minimum Gasteiger partial charge on any atom is -0.389 e. The first-order valence-electron chi connectivity index (χ1n) is 5.05. The molecule has 2 atom stereocenters. The van der Waals surface area contributed by atoms with Gasteiger partial charge in [-0.1, -0.05) is 13.0 Å². The Bertz CT molecular complexity index is 331. The maximum Gasteiger partial charge on any atom is 0.0729 e. The molecule has 0 aliphatic heterocycles. The first-order valence-corrected chi connectivity index (χ1v) is 5.05. The smallest absolute Gasteiger partial charge is 0.0729 e. The molecular formula is C12H15NO. The Morgan fingerprint density at radius 2 is 2.07 bits per heavy atom. The van der Waals surface area contributed by atoms with Crippen LogP contribution in [0.2, 0.25) is 0 Å². The van der Waals surface area contributed by atoms with Gasteiger partial charge in [-0.2, -0.15) is 0 Å². The van der Waals surface area contributed by atoms with E-state index in [1.54, 1.807) is 12.4 Å². The van der Waals surface area contributed by atoms with Crippen LogP contribution in [0.3, 0.4) is 0 Å². The molecule has 0 fully saturated rings. The summed E-state index contributed by atoms with van der Waals surface area (Å²) < 4.78 is 0. The topological polar surface area (TPSA) is 33.1 Å². The van der Waals surface area contributed by atoms with E-state index < -0.39 is 0 Å². The molecule has 74 valence electrons. The summed E-state index contributed by atoms with van der Waals surface area (Å²) in [4.78, 5) is 3.99. The number of nitrogens with zero attached hydrogens (tertiary/aromatic N) is 1. The van der Waals surface area contributed by atoms with E-state index in [-0.39, 0.29) is 6.10 Å². The van der Waals surface area contributed by atoms with Crippen molar-refractivity contribution in [2.75, 3.05) is 0 Å². The van der Waals surface area contributed by atoms with E-state index in [1.165, 1.54) is 11.1 Å². The average molecular weight is 189 g/mol. The molecule has 0 radical (unpaired) electrons. The van der Waals surface area contributed by atoms with Crippen LogP contribution in [0.15, 0.2) is 30.6 Å². The lowest BCUT2D eigenvalue weighted by Crippen LogP contribution is -2.15. The van der Waals surface area contributed by atoms with E-state index in [0.717, 1.165) is 12.8 Å². The molecule has 1 aliphatic carbocycles. The molecule has 1 aromatic heterocycles. The van der Waals surface area contributed by atoms with Gasteiger partial charge in [0.25, 0.3) is 0 Å². The summed E-state index contributed by atoms with van der Waals surface area (Å²) in [6.45, 7) is 2.18. The first kappa shape index (κ1) is 9.41. The average Bonchev–Trinajstić information content (AvgIpc) is 2.18. The molecule has 0 bridgehead atoms. The molecule has 2 nitrogen and oxygen atoms in total. The predicted octanol–water partition coefficient (Wildman–Crippen LogP) is 2.26. The normalized spacial score (nSPS) is 27.1. The lowest BCUT2D eigenvalue weighted by Gasteiger charge is -2.23. The maximum atomic E-state index is 9.62. The number of pyridine rings is 1. The summed E-state index contributed by atoms with van der Waals surface area (Å²) in [5.74, 6) is 0.568. The maximum absolute atomic E-state index is 9.62. The summed E-state index contributed by atoms with van der Waals surface area (Å²) >= 11 is 0. The molecule has 0 amide bonds. The Kier molecular flexibility index (Phi) is 2.64. The van der Waals surface area contributed by atoms with Gasteiger partial charge in [0.15, 0.2) is 0 Å². The standard InChI is InChI=1S/C12H15NO/c1-9-6-11(8-12(14)7-9)10-2-4-13-5-3-10/h2-5,8-9,12,14H,6-7H2,1H3. The third-order valence-electron chi connectivity index (χ3n) is 2.66. The minimum absolute atomic E-state index is 0.276. The predicted molar refractivity (Wildman–Crippen MR) is 56.6 cm³/mol. The molecule has 0 aromatic carbocycles. The largest absolute Gasteiger partial charge is 0.389 e. The van der Waals surface area contributed by atoms with Gasteiger partial charge in [0, 0.05) is 12.4 Å². The van der Waals surface area contributed by atoms with E-state index >= 15 is 0 Å². The second-order valence-electron chi connectivity index (χ2n) is 4.04. The fraction of sp³-hybridized carbons (Fsp3) is 0.417. The van der Waals surface area contributed by atoms with Gasteiger partial charge in [-0.05, 0) is 42.0 Å². The lowest BCUT2D eigenvalue weighted by atomic mass is 9.86. The number of allylic oxidation sites excluding steroid dienone is 1. The minimum atomic E-state index is -0.276. The number of aromatic nitrogens is 1. The van der Waals surface area contributed by atoms with Crippen LogP contribution < -0.4 is 0 Å². The van der Waals surface area contributed by atoms with Gasteiger partial charge in [0.05, 0.1) is 6.10 Å². The molecular weight excluding hydrogens is 174 g/mol. The summed E-state index contributed by atoms with van der Waals surface area (Å²) in [6.07, 6.45) is 7.22. The summed E-state index contributed by atoms with van der Waals surface area (Å²) in [6, 6.07) is 3.99. The zero-order valence-electron chi connectivity index (χ0n) is 8.35. The fourth-order valence-corrected chi connectivity index (χ4v) is 2.02. The molecule has 0 saturated heterocycles. The third kappa shape index (κ3) is 2.02. The zero-order valence-corrected chi connectivity index (χ0v) is 8.35. The molecule has 2 unspecified atom stereocenters. The molecule has 1 N–H and O–H groups in total. The molecule has 1 aliphatic rings. The highest BCUT2D eigenvalue weighted by molar-refractivity contribution is 5.66. The van der Waals surface area contributed by atoms with Crippen LogP contribution in [0.5, 0.6) is 0 Å². The van der Waals surface area contributed by atoms with Crippen molar-refractivity contribution in [2.24, 2.45) is 5.92 Å². The van der Waals surface area contributed by atoms with Crippen LogP contribution in [-0.2, 0) is 0 Å². The van der Waals surface area contributed by atoms with Gasteiger partial charge in [-0.3, -0.25) is 4.98 Å². The van der Waals surface area contributed by atoms with E-state index in [9.17, 15) is 5.11 Å². The second kappa shape index (κ2) is 3.93. The van der Waals surface area contributed by atoms with Crippen molar-refractivity contribution in [3.63, 3.8) is 0 Å². The van der Waals surface area contributed by atoms with Gasteiger partial charge in [0.2, 0.25) is 0 Å². The molecule has 0 saturated carbocycles. The number of rotatable bonds is 1. The Morgan fingerprint density at radius 3 is 2.71 bits per heavy atom. The van der Waals surface area contributed by atoms with E-state index in [2.05, 4.69) is 11.9 Å². The van der Waals surface area contributed by atoms with Crippen molar-refractivity contribution >= 4 is 5.57 Å². The lowest BCUT2D eigenvalue weighted by molar-refractivity contribution is 0.185. The number of aliphatic hydroxyl groups excluding tert-OH is 1. The van der Waals surface area contributed by atoms with Gasteiger partial charge < -0.3 is 5.11 Å². The Labute approximate surface area is 84.3 Å². The Hall–Kier alpha value is -1.15. The van der Waals surface area contributed by atoms with E-state index in [0.29, 0.717) is 5.92 Å². The van der Waals surface area contributed by atoms with Gasteiger partial charge in [0.1, 0.15) is 0 Å². The number of hydrogen-bond donors (Lipinski definition) is 1. The van der Waals surface area contributed by atoms with Crippen LogP contribution in [0.1, 0.15) is 25.3 Å². The van der Waals surface area contributed by atoms with Crippen molar-refractivity contribution in [2.45, 2.75) is 25.9 Å². The second-order valence-corrected chi connectivity index (χ2v) is 4.04. The van der Waals surface area contributed by atoms with Crippen molar-refractivity contribution in [3.05, 3.63) is 36.2 Å². The summed E-state index contributed by atoms with van der Waals surface area (Å²) in [7, 11) is 0. The highest BCUT2D eigenvalue weighted by Gasteiger charge is 2.17. The van der Waals surface area contributed by atoms with Crippen molar-refractivity contribution in [1.29, 1.82) is 0 Å². The van der Waals surface area contributed by atoms with E-state index in [4.69, 9.17) is 0 Å². The highest BCUT2D eigenvalue weighted by Crippen LogP contribution is 2.30. The molecule has 14 heavy (non-hydrogen) atoms. The van der Waals surface area contributed by atoms with Gasteiger partial charge >= 0.3 is 0 Å². The first-order chi connectivity index (χ1) is 6.75. The van der Waals surface area contributed by atoms with Crippen molar-refractivity contribution in [3.8, 4) is 0 Å². The van der Waals surface area contributed by atoms with Gasteiger partial charge in [-0.15, -0.1) is 0 Å². The van der Waals surface area contributed by atoms with Crippen molar-refractivity contribution < 1.29 is 5.11 Å². The Balaban J connectivity index is 2.26. The zero-order chi connectivity index (χ0) is 9.97. The number of aliphatic hydroxyl groups is 1. The van der Waals surface area contributed by atoms with Gasteiger partial charge in [-0.25, -0.2) is 0 Å². The van der Waals surface area contributed by atoms with Crippen molar-refractivity contribution in [1.82, 2.24) is 4.98 Å². The fourth-order valence-electron chi connectivity index (χ4n) is 2.02. The molecule has 2 heteroatoms.